The van der Waals surface area contributed by atoms with Crippen LogP contribution in [0.15, 0.2) is 24.3 Å². The number of hydrogen-bond donors (Lipinski definition) is 1. The van der Waals surface area contributed by atoms with E-state index in [4.69, 9.17) is 0 Å². The van der Waals surface area contributed by atoms with E-state index in [9.17, 15) is 14.0 Å². The number of halogens is 1. The molecule has 1 aromatic carbocycles. The van der Waals surface area contributed by atoms with Gasteiger partial charge in [-0.3, -0.25) is 9.59 Å². The van der Waals surface area contributed by atoms with E-state index in [1.165, 1.54) is 12.1 Å². The van der Waals surface area contributed by atoms with Gasteiger partial charge in [0.15, 0.2) is 0 Å². The molecule has 0 aromatic heterocycles. The molecule has 2 saturated heterocycles. The van der Waals surface area contributed by atoms with Gasteiger partial charge in [0.2, 0.25) is 12.3 Å². The van der Waals surface area contributed by atoms with Gasteiger partial charge < -0.3 is 15.1 Å². The fourth-order valence-corrected chi connectivity index (χ4v) is 4.36. The molecule has 0 spiro atoms. The standard InChI is InChI=1S/C21H30FN3O2/c1-24-11-8-21(9-12-24,23-16-26)14-20(27)25-10-2-3-18(15-25)13-17-4-6-19(22)7-5-17/h4-7,16,18H,2-3,8-15H2,1H3,(H,23,26). The quantitative estimate of drug-likeness (QED) is 0.776. The van der Waals surface area contributed by atoms with Crippen molar-refractivity contribution in [2.24, 2.45) is 5.92 Å². The monoisotopic (exact) mass is 375 g/mol. The molecule has 2 aliphatic heterocycles. The van der Waals surface area contributed by atoms with Crippen LogP contribution in [0.25, 0.3) is 0 Å². The summed E-state index contributed by atoms with van der Waals surface area (Å²) in [5.41, 5.74) is 0.708. The van der Waals surface area contributed by atoms with Crippen molar-refractivity contribution in [2.75, 3.05) is 33.2 Å². The number of nitrogens with zero attached hydrogens (tertiary/aromatic N) is 2. The summed E-state index contributed by atoms with van der Waals surface area (Å²) < 4.78 is 13.1. The Morgan fingerprint density at radius 3 is 2.63 bits per heavy atom. The molecule has 3 rings (SSSR count). The Kier molecular flexibility index (Phi) is 6.47. The van der Waals surface area contributed by atoms with E-state index in [1.807, 2.05) is 17.0 Å². The summed E-state index contributed by atoms with van der Waals surface area (Å²) in [4.78, 5) is 28.3. The van der Waals surface area contributed by atoms with Gasteiger partial charge in [0.1, 0.15) is 5.82 Å². The lowest BCUT2D eigenvalue weighted by Gasteiger charge is -2.42. The van der Waals surface area contributed by atoms with Crippen molar-refractivity contribution >= 4 is 12.3 Å². The average Bonchev–Trinajstić information content (AvgIpc) is 2.67. The highest BCUT2D eigenvalue weighted by molar-refractivity contribution is 5.78. The van der Waals surface area contributed by atoms with Crippen LogP contribution in [0.5, 0.6) is 0 Å². The summed E-state index contributed by atoms with van der Waals surface area (Å²) in [5, 5.41) is 2.95. The van der Waals surface area contributed by atoms with Crippen LogP contribution in [0, 0.1) is 11.7 Å². The minimum absolute atomic E-state index is 0.137. The molecule has 148 valence electrons. The molecular formula is C21H30FN3O2. The molecule has 0 radical (unpaired) electrons. The van der Waals surface area contributed by atoms with Crippen molar-refractivity contribution in [3.8, 4) is 0 Å². The SMILES string of the molecule is CN1CCC(CC(=O)N2CCCC(Cc3ccc(F)cc3)C2)(NC=O)CC1. The smallest absolute Gasteiger partial charge is 0.224 e. The van der Waals surface area contributed by atoms with E-state index >= 15 is 0 Å². The third-order valence-corrected chi connectivity index (χ3v) is 6.11. The van der Waals surface area contributed by atoms with Gasteiger partial charge >= 0.3 is 0 Å². The number of nitrogens with one attached hydrogen (secondary N) is 1. The van der Waals surface area contributed by atoms with Crippen LogP contribution in [-0.4, -0.2) is 60.9 Å². The Bertz CT molecular complexity index is 641. The molecule has 6 heteroatoms. The van der Waals surface area contributed by atoms with Gasteiger partial charge in [0, 0.05) is 32.6 Å². The minimum atomic E-state index is -0.407. The first-order valence-electron chi connectivity index (χ1n) is 9.92. The fourth-order valence-electron chi connectivity index (χ4n) is 4.36. The highest BCUT2D eigenvalue weighted by Crippen LogP contribution is 2.28. The summed E-state index contributed by atoms with van der Waals surface area (Å²) in [5.74, 6) is 0.323. The van der Waals surface area contributed by atoms with Gasteiger partial charge in [-0.1, -0.05) is 12.1 Å². The number of carbonyl (C=O) groups excluding carboxylic acids is 2. The summed E-state index contributed by atoms with van der Waals surface area (Å²) in [6.45, 7) is 3.31. The Morgan fingerprint density at radius 1 is 1.26 bits per heavy atom. The normalized spacial score (nSPS) is 23.0. The van der Waals surface area contributed by atoms with E-state index in [1.54, 1.807) is 0 Å². The number of hydrogen-bond acceptors (Lipinski definition) is 3. The molecule has 0 saturated carbocycles. The van der Waals surface area contributed by atoms with Crippen LogP contribution < -0.4 is 5.32 Å². The van der Waals surface area contributed by atoms with Crippen molar-refractivity contribution in [3.05, 3.63) is 35.6 Å². The maximum Gasteiger partial charge on any atom is 0.224 e. The van der Waals surface area contributed by atoms with Crippen LogP contribution in [0.2, 0.25) is 0 Å². The van der Waals surface area contributed by atoms with Crippen LogP contribution in [0.1, 0.15) is 37.7 Å². The zero-order valence-electron chi connectivity index (χ0n) is 16.1. The first-order chi connectivity index (χ1) is 13.0. The third-order valence-electron chi connectivity index (χ3n) is 6.11. The Labute approximate surface area is 160 Å². The number of piperidine rings is 2. The van der Waals surface area contributed by atoms with Crippen molar-refractivity contribution < 1.29 is 14.0 Å². The highest BCUT2D eigenvalue weighted by Gasteiger charge is 2.37. The van der Waals surface area contributed by atoms with Gasteiger partial charge in [-0.05, 0) is 62.8 Å². The number of rotatable bonds is 6. The maximum absolute atomic E-state index is 13.1. The second-order valence-corrected chi connectivity index (χ2v) is 8.20. The predicted molar refractivity (Wildman–Crippen MR) is 103 cm³/mol. The number of benzene rings is 1. The van der Waals surface area contributed by atoms with Crippen molar-refractivity contribution in [2.45, 2.75) is 44.1 Å². The lowest BCUT2D eigenvalue weighted by Crippen LogP contribution is -2.55. The molecule has 2 aliphatic rings. The fraction of sp³-hybridized carbons (Fsp3) is 0.619. The van der Waals surface area contributed by atoms with Crippen molar-refractivity contribution in [3.63, 3.8) is 0 Å². The van der Waals surface area contributed by atoms with E-state index in [0.717, 1.165) is 70.3 Å². The van der Waals surface area contributed by atoms with Gasteiger partial charge in [0.05, 0.1) is 5.54 Å². The van der Waals surface area contributed by atoms with Gasteiger partial charge in [-0.2, -0.15) is 0 Å². The topological polar surface area (TPSA) is 52.7 Å². The average molecular weight is 375 g/mol. The molecule has 27 heavy (non-hydrogen) atoms. The number of likely N-dealkylation sites (tertiary alicyclic amines) is 2. The maximum atomic E-state index is 13.1. The molecule has 0 bridgehead atoms. The summed E-state index contributed by atoms with van der Waals surface area (Å²) in [7, 11) is 2.07. The largest absolute Gasteiger partial charge is 0.353 e. The molecule has 1 N–H and O–H groups in total. The third kappa shape index (κ3) is 5.28. The van der Waals surface area contributed by atoms with Crippen LogP contribution in [0.3, 0.4) is 0 Å². The van der Waals surface area contributed by atoms with Gasteiger partial charge in [-0.25, -0.2) is 4.39 Å². The highest BCUT2D eigenvalue weighted by atomic mass is 19.1. The Hall–Kier alpha value is -1.95. The molecule has 1 atom stereocenters. The van der Waals surface area contributed by atoms with Crippen LogP contribution in [0.4, 0.5) is 4.39 Å². The minimum Gasteiger partial charge on any atom is -0.353 e. The predicted octanol–water partition coefficient (Wildman–Crippen LogP) is 2.21. The zero-order valence-corrected chi connectivity index (χ0v) is 16.1. The summed E-state index contributed by atoms with van der Waals surface area (Å²) in [6, 6.07) is 6.65. The molecule has 2 heterocycles. The molecule has 2 fully saturated rings. The lowest BCUT2D eigenvalue weighted by molar-refractivity contribution is -0.135. The van der Waals surface area contributed by atoms with Crippen molar-refractivity contribution in [1.29, 1.82) is 0 Å². The second-order valence-electron chi connectivity index (χ2n) is 8.20. The molecule has 5 nitrogen and oxygen atoms in total. The summed E-state index contributed by atoms with van der Waals surface area (Å²) >= 11 is 0. The molecule has 1 unspecified atom stereocenters. The Balaban J connectivity index is 1.58. The molecule has 0 aliphatic carbocycles. The number of amides is 2. The molecule has 2 amide bonds. The first kappa shape index (κ1) is 19.8. The van der Waals surface area contributed by atoms with Crippen LogP contribution >= 0.6 is 0 Å². The van der Waals surface area contributed by atoms with Crippen LogP contribution in [-0.2, 0) is 16.0 Å². The van der Waals surface area contributed by atoms with E-state index < -0.39 is 5.54 Å². The van der Waals surface area contributed by atoms with E-state index in [-0.39, 0.29) is 11.7 Å². The lowest BCUT2D eigenvalue weighted by atomic mass is 9.83. The van der Waals surface area contributed by atoms with Gasteiger partial charge in [0.25, 0.3) is 0 Å². The van der Waals surface area contributed by atoms with Gasteiger partial charge in [-0.15, -0.1) is 0 Å². The van der Waals surface area contributed by atoms with E-state index in [0.29, 0.717) is 12.3 Å². The zero-order chi connectivity index (χ0) is 19.3. The molecular weight excluding hydrogens is 345 g/mol. The second kappa shape index (κ2) is 8.83. The molecule has 1 aromatic rings. The first-order valence-corrected chi connectivity index (χ1v) is 9.92. The summed E-state index contributed by atoms with van der Waals surface area (Å²) in [6.07, 6.45) is 5.68. The van der Waals surface area contributed by atoms with Crippen molar-refractivity contribution in [1.82, 2.24) is 15.1 Å². The Morgan fingerprint density at radius 2 is 1.96 bits per heavy atom. The van der Waals surface area contributed by atoms with E-state index in [2.05, 4.69) is 17.3 Å². The number of carbonyl (C=O) groups is 2.